The average Bonchev–Trinajstić information content (AvgIpc) is 3.28. The van der Waals surface area contributed by atoms with Crippen LogP contribution in [-0.2, 0) is 4.79 Å². The first-order valence-corrected chi connectivity index (χ1v) is 9.89. The maximum absolute atomic E-state index is 12.4. The first kappa shape index (κ1) is 18.8. The van der Waals surface area contributed by atoms with Gasteiger partial charge in [-0.15, -0.1) is 11.3 Å². The van der Waals surface area contributed by atoms with Crippen molar-refractivity contribution >= 4 is 34.2 Å². The number of benzene rings is 2. The van der Waals surface area contributed by atoms with Gasteiger partial charge >= 0.3 is 0 Å². The highest BCUT2D eigenvalue weighted by Crippen LogP contribution is 2.32. The van der Waals surface area contributed by atoms with Crippen LogP contribution in [0.4, 0.5) is 5.13 Å². The number of carbonyl (C=O) groups is 3. The highest BCUT2D eigenvalue weighted by Gasteiger charge is 2.36. The van der Waals surface area contributed by atoms with Gasteiger partial charge in [-0.3, -0.25) is 19.3 Å². The molecule has 2 aromatic carbocycles. The number of carbonyl (C=O) groups excluding carboxylic acids is 3. The average molecular weight is 407 g/mol. The summed E-state index contributed by atoms with van der Waals surface area (Å²) in [5.74, 6) is -0.708. The highest BCUT2D eigenvalue weighted by atomic mass is 32.1. The Morgan fingerprint density at radius 3 is 2.31 bits per heavy atom. The Kier molecular flexibility index (Phi) is 5.09. The molecule has 1 aromatic heterocycles. The molecule has 0 saturated carbocycles. The molecule has 1 N–H and O–H groups in total. The first-order chi connectivity index (χ1) is 14.1. The Morgan fingerprint density at radius 2 is 1.66 bits per heavy atom. The number of hydrogen-bond acceptors (Lipinski definition) is 6. The molecule has 1 aliphatic rings. The zero-order valence-corrected chi connectivity index (χ0v) is 16.4. The van der Waals surface area contributed by atoms with Crippen LogP contribution in [0.2, 0.25) is 0 Å². The number of nitrogens with zero attached hydrogens (tertiary/aromatic N) is 2. The van der Waals surface area contributed by atoms with Crippen LogP contribution in [-0.4, -0.2) is 40.8 Å². The van der Waals surface area contributed by atoms with Crippen molar-refractivity contribution in [2.24, 2.45) is 0 Å². The molecular formula is C21H17N3O4S. The second kappa shape index (κ2) is 7.84. The lowest BCUT2D eigenvalue weighted by Gasteiger charge is -2.12. The molecule has 29 heavy (non-hydrogen) atoms. The fourth-order valence-electron chi connectivity index (χ4n) is 3.10. The first-order valence-electron chi connectivity index (χ1n) is 9.01. The molecule has 0 fully saturated rings. The van der Waals surface area contributed by atoms with Crippen molar-refractivity contribution in [3.05, 3.63) is 65.0 Å². The van der Waals surface area contributed by atoms with E-state index in [1.165, 1.54) is 11.3 Å². The van der Waals surface area contributed by atoms with Crippen molar-refractivity contribution in [1.82, 2.24) is 9.88 Å². The maximum Gasteiger partial charge on any atom is 0.262 e. The molecule has 1 aliphatic heterocycles. The number of rotatable bonds is 6. The molecule has 7 nitrogen and oxygen atoms in total. The Morgan fingerprint density at radius 1 is 1.03 bits per heavy atom. The van der Waals surface area contributed by atoms with Crippen LogP contribution in [0.5, 0.6) is 5.75 Å². The summed E-state index contributed by atoms with van der Waals surface area (Å²) in [6.45, 7) is 2.07. The van der Waals surface area contributed by atoms with E-state index in [9.17, 15) is 14.4 Å². The van der Waals surface area contributed by atoms with E-state index in [0.29, 0.717) is 34.3 Å². The fraction of sp³-hybridized carbons (Fsp3) is 0.143. The molecule has 3 amide bonds. The van der Waals surface area contributed by atoms with E-state index < -0.39 is 17.7 Å². The van der Waals surface area contributed by atoms with Crippen molar-refractivity contribution in [3.63, 3.8) is 0 Å². The number of thiazole rings is 1. The Balaban J connectivity index is 1.46. The van der Waals surface area contributed by atoms with Gasteiger partial charge in [-0.25, -0.2) is 4.98 Å². The van der Waals surface area contributed by atoms with Crippen LogP contribution >= 0.6 is 11.3 Å². The second-order valence-corrected chi connectivity index (χ2v) is 7.12. The van der Waals surface area contributed by atoms with Crippen LogP contribution in [0, 0.1) is 0 Å². The van der Waals surface area contributed by atoms with Gasteiger partial charge in [-0.05, 0) is 31.2 Å². The van der Waals surface area contributed by atoms with Gasteiger partial charge in [0.25, 0.3) is 11.8 Å². The third kappa shape index (κ3) is 3.62. The van der Waals surface area contributed by atoms with Gasteiger partial charge in [0.15, 0.2) is 5.13 Å². The Labute approximate surface area is 170 Å². The molecule has 0 unspecified atom stereocenters. The van der Waals surface area contributed by atoms with Gasteiger partial charge in [-0.2, -0.15) is 0 Å². The van der Waals surface area contributed by atoms with Crippen LogP contribution < -0.4 is 10.1 Å². The molecule has 0 spiro atoms. The van der Waals surface area contributed by atoms with Crippen LogP contribution in [0.1, 0.15) is 27.6 Å². The molecule has 0 atom stereocenters. The van der Waals surface area contributed by atoms with Crippen molar-refractivity contribution in [2.75, 3.05) is 18.5 Å². The van der Waals surface area contributed by atoms with Crippen molar-refractivity contribution in [3.8, 4) is 17.0 Å². The van der Waals surface area contributed by atoms with E-state index in [1.54, 1.807) is 24.3 Å². The summed E-state index contributed by atoms with van der Waals surface area (Å²) in [4.78, 5) is 42.6. The fourth-order valence-corrected chi connectivity index (χ4v) is 3.83. The number of aromatic nitrogens is 1. The Hall–Kier alpha value is -3.52. The smallest absolute Gasteiger partial charge is 0.262 e. The number of ether oxygens (including phenoxy) is 1. The summed E-state index contributed by atoms with van der Waals surface area (Å²) < 4.78 is 5.62. The van der Waals surface area contributed by atoms with E-state index in [4.69, 9.17) is 4.74 Å². The maximum atomic E-state index is 12.4. The molecular weight excluding hydrogens is 390 g/mol. The van der Waals surface area contributed by atoms with E-state index in [-0.39, 0.29) is 6.54 Å². The predicted octanol–water partition coefficient (Wildman–Crippen LogP) is 3.44. The topological polar surface area (TPSA) is 88.6 Å². The normalized spacial score (nSPS) is 12.8. The number of amides is 3. The molecule has 8 heteroatoms. The molecule has 0 saturated heterocycles. The molecule has 0 aliphatic carbocycles. The minimum Gasteiger partial charge on any atom is -0.493 e. The van der Waals surface area contributed by atoms with Gasteiger partial charge in [0.1, 0.15) is 12.3 Å². The lowest BCUT2D eigenvalue weighted by atomic mass is 10.1. The molecule has 0 bridgehead atoms. The number of imide groups is 1. The zero-order valence-electron chi connectivity index (χ0n) is 15.5. The second-order valence-electron chi connectivity index (χ2n) is 6.26. The van der Waals surface area contributed by atoms with Gasteiger partial charge in [0, 0.05) is 10.9 Å². The summed E-state index contributed by atoms with van der Waals surface area (Å²) in [5.41, 5.74) is 2.13. The summed E-state index contributed by atoms with van der Waals surface area (Å²) >= 11 is 1.26. The predicted molar refractivity (Wildman–Crippen MR) is 109 cm³/mol. The molecule has 2 heterocycles. The largest absolute Gasteiger partial charge is 0.493 e. The molecule has 3 aromatic rings. The van der Waals surface area contributed by atoms with Gasteiger partial charge < -0.3 is 10.1 Å². The number of nitrogens with one attached hydrogen (secondary N) is 1. The molecule has 0 radical (unpaired) electrons. The summed E-state index contributed by atoms with van der Waals surface area (Å²) in [7, 11) is 0. The number of anilines is 1. The number of fused-ring (bicyclic) bond motifs is 1. The molecule has 4 rings (SSSR count). The minimum atomic E-state index is -0.488. The highest BCUT2D eigenvalue weighted by molar-refractivity contribution is 7.14. The van der Waals surface area contributed by atoms with Gasteiger partial charge in [0.05, 0.1) is 23.4 Å². The third-order valence-corrected chi connectivity index (χ3v) is 5.15. The van der Waals surface area contributed by atoms with Gasteiger partial charge in [-0.1, -0.05) is 24.3 Å². The lowest BCUT2D eigenvalue weighted by Crippen LogP contribution is -2.37. The monoisotopic (exact) mass is 407 g/mol. The van der Waals surface area contributed by atoms with Crippen LogP contribution in [0.15, 0.2) is 53.9 Å². The van der Waals surface area contributed by atoms with Crippen LogP contribution in [0.25, 0.3) is 11.3 Å². The summed E-state index contributed by atoms with van der Waals surface area (Å²) in [6.07, 6.45) is 0. The minimum absolute atomic E-state index is 0.314. The van der Waals surface area contributed by atoms with E-state index in [1.807, 2.05) is 36.6 Å². The van der Waals surface area contributed by atoms with Crippen LogP contribution in [0.3, 0.4) is 0 Å². The van der Waals surface area contributed by atoms with E-state index in [0.717, 1.165) is 10.5 Å². The Bertz CT molecular complexity index is 1070. The van der Waals surface area contributed by atoms with E-state index in [2.05, 4.69) is 10.3 Å². The number of hydrogen-bond donors (Lipinski definition) is 1. The summed E-state index contributed by atoms with van der Waals surface area (Å²) in [5, 5.41) is 4.86. The van der Waals surface area contributed by atoms with Crippen molar-refractivity contribution in [1.29, 1.82) is 0 Å². The van der Waals surface area contributed by atoms with Gasteiger partial charge in [0.2, 0.25) is 5.91 Å². The lowest BCUT2D eigenvalue weighted by molar-refractivity contribution is -0.116. The molecule has 146 valence electrons. The quantitative estimate of drug-likeness (QED) is 0.633. The SMILES string of the molecule is CCOc1ccccc1-c1csc(NC(=O)CN2C(=O)c3ccccc3C2=O)n1. The zero-order chi connectivity index (χ0) is 20.4. The summed E-state index contributed by atoms with van der Waals surface area (Å²) in [6, 6.07) is 14.1. The van der Waals surface area contributed by atoms with E-state index >= 15 is 0 Å². The standard InChI is InChI=1S/C21H17N3O4S/c1-2-28-17-10-6-5-9-15(17)16-12-29-21(22-16)23-18(25)11-24-19(26)13-7-3-4-8-14(13)20(24)27/h3-10,12H,2,11H2,1H3,(H,22,23,25). The van der Waals surface area contributed by atoms with Crippen molar-refractivity contribution < 1.29 is 19.1 Å². The third-order valence-electron chi connectivity index (χ3n) is 4.39. The number of para-hydroxylation sites is 1. The van der Waals surface area contributed by atoms with Crippen molar-refractivity contribution in [2.45, 2.75) is 6.92 Å².